The topological polar surface area (TPSA) is 40.6 Å². The van der Waals surface area contributed by atoms with Gasteiger partial charge in [-0.25, -0.2) is 4.90 Å². The first-order chi connectivity index (χ1) is 15.5. The average Bonchev–Trinajstić information content (AvgIpc) is 3.06. The van der Waals surface area contributed by atoms with Gasteiger partial charge in [0.25, 0.3) is 11.8 Å². The van der Waals surface area contributed by atoms with Gasteiger partial charge in [0.15, 0.2) is 0 Å². The van der Waals surface area contributed by atoms with Gasteiger partial charge in [0.05, 0.1) is 11.3 Å². The van der Waals surface area contributed by atoms with E-state index in [0.29, 0.717) is 28.5 Å². The summed E-state index contributed by atoms with van der Waals surface area (Å²) in [6.45, 7) is 4.75. The SMILES string of the molecule is Cc1ccc(C2=C(N3CCCc4ccccc43)C(=O)N(c3ccc(Cl)cc3)C2=O)cc1C. The fourth-order valence-electron chi connectivity index (χ4n) is 4.52. The summed E-state index contributed by atoms with van der Waals surface area (Å²) in [6.07, 6.45) is 1.88. The Morgan fingerprint density at radius 1 is 0.844 bits per heavy atom. The summed E-state index contributed by atoms with van der Waals surface area (Å²) >= 11 is 6.05. The molecule has 0 aliphatic carbocycles. The number of carbonyl (C=O) groups excluding carboxylic acids is 2. The van der Waals surface area contributed by atoms with Crippen LogP contribution in [-0.2, 0) is 16.0 Å². The standard InChI is InChI=1S/C27H23ClN2O2/c1-17-9-10-20(16-18(17)2)24-25(29-15-5-7-19-6-3-4-8-23(19)29)27(32)30(26(24)31)22-13-11-21(28)12-14-22/h3-4,6,8-14,16H,5,7,15H2,1-2H3. The number of hydrogen-bond acceptors (Lipinski definition) is 3. The molecule has 0 aromatic heterocycles. The molecule has 5 heteroatoms. The van der Waals surface area contributed by atoms with Crippen molar-refractivity contribution in [3.8, 4) is 0 Å². The molecule has 3 aromatic carbocycles. The molecular weight excluding hydrogens is 420 g/mol. The summed E-state index contributed by atoms with van der Waals surface area (Å²) in [5.41, 5.74) is 6.59. The second kappa shape index (κ2) is 7.95. The van der Waals surface area contributed by atoms with Crippen LogP contribution in [0.5, 0.6) is 0 Å². The first kappa shape index (κ1) is 20.5. The third-order valence-electron chi connectivity index (χ3n) is 6.32. The number of amides is 2. The van der Waals surface area contributed by atoms with Gasteiger partial charge in [0.2, 0.25) is 0 Å². The predicted molar refractivity (Wildman–Crippen MR) is 129 cm³/mol. The van der Waals surface area contributed by atoms with Gasteiger partial charge in [-0.15, -0.1) is 0 Å². The molecule has 2 aliphatic heterocycles. The van der Waals surface area contributed by atoms with Crippen LogP contribution in [0.1, 0.15) is 28.7 Å². The van der Waals surface area contributed by atoms with E-state index < -0.39 is 0 Å². The smallest absolute Gasteiger partial charge is 0.282 e. The molecule has 160 valence electrons. The monoisotopic (exact) mass is 442 g/mol. The van der Waals surface area contributed by atoms with Crippen LogP contribution >= 0.6 is 11.6 Å². The van der Waals surface area contributed by atoms with Crippen LogP contribution in [0.15, 0.2) is 72.4 Å². The lowest BCUT2D eigenvalue weighted by Gasteiger charge is -2.32. The Hall–Kier alpha value is -3.37. The number of benzene rings is 3. The molecule has 2 amide bonds. The van der Waals surface area contributed by atoms with Crippen LogP contribution < -0.4 is 9.80 Å². The second-order valence-electron chi connectivity index (χ2n) is 8.33. The number of anilines is 2. The molecule has 2 heterocycles. The number of carbonyl (C=O) groups is 2. The van der Waals surface area contributed by atoms with E-state index in [-0.39, 0.29) is 11.8 Å². The maximum atomic E-state index is 13.8. The molecule has 4 nitrogen and oxygen atoms in total. The van der Waals surface area contributed by atoms with Crippen LogP contribution in [0.3, 0.4) is 0 Å². The van der Waals surface area contributed by atoms with E-state index in [1.54, 1.807) is 24.3 Å². The Balaban J connectivity index is 1.71. The minimum atomic E-state index is -0.307. The number of hydrogen-bond donors (Lipinski definition) is 0. The normalized spacial score (nSPS) is 16.1. The zero-order chi connectivity index (χ0) is 22.4. The minimum absolute atomic E-state index is 0.303. The Morgan fingerprint density at radius 2 is 1.59 bits per heavy atom. The number of halogens is 1. The second-order valence-corrected chi connectivity index (χ2v) is 8.77. The summed E-state index contributed by atoms with van der Waals surface area (Å²) in [7, 11) is 0. The van der Waals surface area contributed by atoms with E-state index >= 15 is 0 Å². The Bertz CT molecular complexity index is 1280. The van der Waals surface area contributed by atoms with Crippen LogP contribution in [0.2, 0.25) is 5.02 Å². The van der Waals surface area contributed by atoms with E-state index in [1.807, 2.05) is 55.1 Å². The Morgan fingerprint density at radius 3 is 2.34 bits per heavy atom. The van der Waals surface area contributed by atoms with E-state index in [1.165, 1.54) is 10.5 Å². The highest BCUT2D eigenvalue weighted by Crippen LogP contribution is 2.40. The lowest BCUT2D eigenvalue weighted by Crippen LogP contribution is -2.37. The third kappa shape index (κ3) is 3.32. The lowest BCUT2D eigenvalue weighted by atomic mass is 9.97. The van der Waals surface area contributed by atoms with Crippen molar-refractivity contribution >= 4 is 40.4 Å². The van der Waals surface area contributed by atoms with E-state index in [4.69, 9.17) is 11.6 Å². The first-order valence-electron chi connectivity index (χ1n) is 10.8. The Kier molecular flexibility index (Phi) is 5.10. The summed E-state index contributed by atoms with van der Waals surface area (Å²) in [5.74, 6) is -0.610. The zero-order valence-electron chi connectivity index (χ0n) is 18.1. The van der Waals surface area contributed by atoms with E-state index in [9.17, 15) is 9.59 Å². The zero-order valence-corrected chi connectivity index (χ0v) is 18.8. The number of rotatable bonds is 3. The number of fused-ring (bicyclic) bond motifs is 1. The molecule has 0 saturated heterocycles. The molecule has 0 saturated carbocycles. The van der Waals surface area contributed by atoms with Crippen LogP contribution in [0.4, 0.5) is 11.4 Å². The molecule has 0 spiro atoms. The van der Waals surface area contributed by atoms with Crippen molar-refractivity contribution in [3.05, 3.63) is 99.7 Å². The van der Waals surface area contributed by atoms with Crippen molar-refractivity contribution in [3.63, 3.8) is 0 Å². The molecule has 32 heavy (non-hydrogen) atoms. The molecule has 0 bridgehead atoms. The van der Waals surface area contributed by atoms with Gasteiger partial charge in [-0.1, -0.05) is 48.0 Å². The number of imide groups is 1. The predicted octanol–water partition coefficient (Wildman–Crippen LogP) is 5.69. The lowest BCUT2D eigenvalue weighted by molar-refractivity contribution is -0.120. The van der Waals surface area contributed by atoms with Crippen molar-refractivity contribution < 1.29 is 9.59 Å². The molecule has 0 fully saturated rings. The number of aryl methyl sites for hydroxylation is 3. The van der Waals surface area contributed by atoms with Crippen molar-refractivity contribution in [2.45, 2.75) is 26.7 Å². The van der Waals surface area contributed by atoms with Gasteiger partial charge in [0, 0.05) is 17.3 Å². The molecule has 0 N–H and O–H groups in total. The summed E-state index contributed by atoms with van der Waals surface area (Å²) < 4.78 is 0. The highest BCUT2D eigenvalue weighted by atomic mass is 35.5. The average molecular weight is 443 g/mol. The maximum Gasteiger partial charge on any atom is 0.282 e. The van der Waals surface area contributed by atoms with Crippen molar-refractivity contribution in [1.82, 2.24) is 0 Å². The van der Waals surface area contributed by atoms with Gasteiger partial charge >= 0.3 is 0 Å². The minimum Gasteiger partial charge on any atom is -0.336 e. The first-order valence-corrected chi connectivity index (χ1v) is 11.1. The Labute approximate surface area is 192 Å². The summed E-state index contributed by atoms with van der Waals surface area (Å²) in [4.78, 5) is 30.9. The molecule has 2 aliphatic rings. The van der Waals surface area contributed by atoms with Gasteiger partial charge in [0.1, 0.15) is 5.70 Å². The molecule has 0 unspecified atom stereocenters. The van der Waals surface area contributed by atoms with Crippen molar-refractivity contribution in [2.75, 3.05) is 16.3 Å². The van der Waals surface area contributed by atoms with Gasteiger partial charge in [-0.05, 0) is 79.3 Å². The highest BCUT2D eigenvalue weighted by molar-refractivity contribution is 6.46. The van der Waals surface area contributed by atoms with Crippen molar-refractivity contribution in [1.29, 1.82) is 0 Å². The molecular formula is C27H23ClN2O2. The van der Waals surface area contributed by atoms with Crippen LogP contribution in [0.25, 0.3) is 5.57 Å². The fourth-order valence-corrected chi connectivity index (χ4v) is 4.64. The third-order valence-corrected chi connectivity index (χ3v) is 6.57. The van der Waals surface area contributed by atoms with Crippen molar-refractivity contribution in [2.24, 2.45) is 0 Å². The molecule has 3 aromatic rings. The molecule has 0 radical (unpaired) electrons. The fraction of sp³-hybridized carbons (Fsp3) is 0.185. The highest BCUT2D eigenvalue weighted by Gasteiger charge is 2.43. The van der Waals surface area contributed by atoms with Gasteiger partial charge < -0.3 is 4.90 Å². The largest absolute Gasteiger partial charge is 0.336 e. The summed E-state index contributed by atoms with van der Waals surface area (Å²) in [6, 6.07) is 20.9. The summed E-state index contributed by atoms with van der Waals surface area (Å²) in [5, 5.41) is 0.556. The maximum absolute atomic E-state index is 13.8. The number of nitrogens with zero attached hydrogens (tertiary/aromatic N) is 2. The molecule has 0 atom stereocenters. The van der Waals surface area contributed by atoms with E-state index in [0.717, 1.165) is 35.2 Å². The van der Waals surface area contributed by atoms with Crippen LogP contribution in [-0.4, -0.2) is 18.4 Å². The van der Waals surface area contributed by atoms with Crippen LogP contribution in [0, 0.1) is 13.8 Å². The van der Waals surface area contributed by atoms with E-state index in [2.05, 4.69) is 6.07 Å². The van der Waals surface area contributed by atoms with Gasteiger partial charge in [-0.3, -0.25) is 9.59 Å². The quantitative estimate of drug-likeness (QED) is 0.489. The van der Waals surface area contributed by atoms with Gasteiger partial charge in [-0.2, -0.15) is 0 Å². The molecule has 5 rings (SSSR count). The number of para-hydroxylation sites is 1.